The van der Waals surface area contributed by atoms with Crippen LogP contribution in [0, 0.1) is 0 Å². The molecule has 5 nitrogen and oxygen atoms in total. The Bertz CT molecular complexity index is 492. The fourth-order valence-corrected chi connectivity index (χ4v) is 1.67. The molecule has 0 fully saturated rings. The van der Waals surface area contributed by atoms with Gasteiger partial charge in [0.05, 0.1) is 24.7 Å². The van der Waals surface area contributed by atoms with Crippen LogP contribution in [0.5, 0.6) is 5.75 Å². The zero-order valence-corrected chi connectivity index (χ0v) is 10.9. The van der Waals surface area contributed by atoms with E-state index in [0.29, 0.717) is 6.04 Å². The van der Waals surface area contributed by atoms with Gasteiger partial charge in [0.25, 0.3) is 0 Å². The quantitative estimate of drug-likeness (QED) is 0.867. The maximum atomic E-state index is 5.12. The molecule has 0 amide bonds. The van der Waals surface area contributed by atoms with Crippen LogP contribution in [-0.2, 0) is 6.42 Å². The first-order valence-corrected chi connectivity index (χ1v) is 5.96. The molecule has 2 aromatic rings. The molecule has 0 aliphatic carbocycles. The van der Waals surface area contributed by atoms with E-state index in [4.69, 9.17) is 4.74 Å². The van der Waals surface area contributed by atoms with Crippen molar-refractivity contribution < 1.29 is 4.74 Å². The van der Waals surface area contributed by atoms with Crippen LogP contribution in [0.1, 0.15) is 12.6 Å². The summed E-state index contributed by atoms with van der Waals surface area (Å²) in [5.41, 5.74) is 1.96. The Morgan fingerprint density at radius 2 is 2.06 bits per heavy atom. The van der Waals surface area contributed by atoms with E-state index < -0.39 is 0 Å². The minimum Gasteiger partial charge on any atom is -0.497 e. The van der Waals surface area contributed by atoms with E-state index >= 15 is 0 Å². The molecule has 1 aromatic carbocycles. The third-order valence-electron chi connectivity index (χ3n) is 2.89. The highest BCUT2D eigenvalue weighted by Crippen LogP contribution is 2.14. The van der Waals surface area contributed by atoms with Crippen LogP contribution in [0.25, 0.3) is 5.69 Å². The van der Waals surface area contributed by atoms with Crippen LogP contribution in [0.3, 0.4) is 0 Å². The third-order valence-corrected chi connectivity index (χ3v) is 2.89. The van der Waals surface area contributed by atoms with E-state index in [-0.39, 0.29) is 0 Å². The lowest BCUT2D eigenvalue weighted by Gasteiger charge is -2.06. The summed E-state index contributed by atoms with van der Waals surface area (Å²) in [6, 6.07) is 8.13. The second kappa shape index (κ2) is 5.64. The van der Waals surface area contributed by atoms with Crippen molar-refractivity contribution in [2.45, 2.75) is 19.4 Å². The summed E-state index contributed by atoms with van der Waals surface area (Å²) in [7, 11) is 3.60. The van der Waals surface area contributed by atoms with E-state index in [0.717, 1.165) is 23.6 Å². The normalized spacial score (nSPS) is 12.4. The summed E-state index contributed by atoms with van der Waals surface area (Å²) in [6.07, 6.45) is 2.82. The highest BCUT2D eigenvalue weighted by molar-refractivity contribution is 5.36. The van der Waals surface area contributed by atoms with Gasteiger partial charge in [-0.05, 0) is 38.2 Å². The fraction of sp³-hybridized carbons (Fsp3) is 0.385. The Balaban J connectivity index is 2.13. The molecule has 1 aromatic heterocycles. The number of rotatable bonds is 5. The smallest absolute Gasteiger partial charge is 0.119 e. The van der Waals surface area contributed by atoms with Crippen molar-refractivity contribution in [2.24, 2.45) is 0 Å². The lowest BCUT2D eigenvalue weighted by Crippen LogP contribution is -2.23. The van der Waals surface area contributed by atoms with E-state index in [1.807, 2.05) is 37.5 Å². The molecule has 0 saturated heterocycles. The molecule has 0 bridgehead atoms. The highest BCUT2D eigenvalue weighted by atomic mass is 16.5. The molecule has 0 radical (unpaired) electrons. The van der Waals surface area contributed by atoms with Crippen LogP contribution in [0.15, 0.2) is 30.5 Å². The van der Waals surface area contributed by atoms with Gasteiger partial charge in [0.15, 0.2) is 0 Å². The Labute approximate surface area is 107 Å². The van der Waals surface area contributed by atoms with Crippen molar-refractivity contribution in [3.8, 4) is 11.4 Å². The summed E-state index contributed by atoms with van der Waals surface area (Å²) >= 11 is 0. The Morgan fingerprint density at radius 3 is 2.67 bits per heavy atom. The standard InChI is InChI=1S/C13H18N4O/c1-10(14-2)8-11-9-17(16-15-11)12-4-6-13(18-3)7-5-12/h4-7,9-10,14H,8H2,1-3H3. The maximum Gasteiger partial charge on any atom is 0.119 e. The summed E-state index contributed by atoms with van der Waals surface area (Å²) in [6.45, 7) is 2.12. The van der Waals surface area contributed by atoms with Gasteiger partial charge in [-0.3, -0.25) is 0 Å². The second-order valence-electron chi connectivity index (χ2n) is 4.25. The molecular formula is C13H18N4O. The van der Waals surface area contributed by atoms with Crippen LogP contribution in [0.4, 0.5) is 0 Å². The molecule has 1 unspecified atom stereocenters. The predicted molar refractivity (Wildman–Crippen MR) is 70.1 cm³/mol. The maximum absolute atomic E-state index is 5.12. The predicted octanol–water partition coefficient (Wildman–Crippen LogP) is 1.43. The van der Waals surface area contributed by atoms with Crippen molar-refractivity contribution >= 4 is 0 Å². The van der Waals surface area contributed by atoms with Gasteiger partial charge in [-0.25, -0.2) is 4.68 Å². The number of ether oxygens (including phenoxy) is 1. The lowest BCUT2D eigenvalue weighted by molar-refractivity contribution is 0.414. The molecule has 18 heavy (non-hydrogen) atoms. The molecule has 0 aliphatic rings. The Morgan fingerprint density at radius 1 is 1.33 bits per heavy atom. The number of likely N-dealkylation sites (N-methyl/N-ethyl adjacent to an activating group) is 1. The monoisotopic (exact) mass is 246 g/mol. The Kier molecular flexibility index (Phi) is 3.94. The minimum atomic E-state index is 0.394. The van der Waals surface area contributed by atoms with Crippen molar-refractivity contribution in [3.05, 3.63) is 36.2 Å². The molecule has 5 heteroatoms. The third kappa shape index (κ3) is 2.87. The zero-order valence-electron chi connectivity index (χ0n) is 10.9. The topological polar surface area (TPSA) is 52.0 Å². The number of benzene rings is 1. The van der Waals surface area contributed by atoms with Crippen LogP contribution in [0.2, 0.25) is 0 Å². The number of aromatic nitrogens is 3. The van der Waals surface area contributed by atoms with Gasteiger partial charge in [-0.1, -0.05) is 5.21 Å². The van der Waals surface area contributed by atoms with E-state index in [1.165, 1.54) is 0 Å². The highest BCUT2D eigenvalue weighted by Gasteiger charge is 2.06. The molecule has 0 saturated carbocycles. The number of nitrogens with one attached hydrogen (secondary N) is 1. The van der Waals surface area contributed by atoms with Gasteiger partial charge in [0.2, 0.25) is 0 Å². The summed E-state index contributed by atoms with van der Waals surface area (Å²) < 4.78 is 6.90. The zero-order chi connectivity index (χ0) is 13.0. The van der Waals surface area contributed by atoms with E-state index in [2.05, 4.69) is 22.6 Å². The van der Waals surface area contributed by atoms with Crippen LogP contribution < -0.4 is 10.1 Å². The summed E-state index contributed by atoms with van der Waals surface area (Å²) in [4.78, 5) is 0. The van der Waals surface area contributed by atoms with Crippen molar-refractivity contribution in [3.63, 3.8) is 0 Å². The SMILES string of the molecule is CNC(C)Cc1cn(-c2ccc(OC)cc2)nn1. The molecule has 1 atom stereocenters. The number of hydrogen-bond donors (Lipinski definition) is 1. The van der Waals surface area contributed by atoms with Crippen LogP contribution in [-0.4, -0.2) is 35.2 Å². The van der Waals surface area contributed by atoms with E-state index in [9.17, 15) is 0 Å². The first-order chi connectivity index (χ1) is 8.72. The number of hydrogen-bond acceptors (Lipinski definition) is 4. The summed E-state index contributed by atoms with van der Waals surface area (Å²) in [5.74, 6) is 0.836. The van der Waals surface area contributed by atoms with Gasteiger partial charge in [0.1, 0.15) is 5.75 Å². The van der Waals surface area contributed by atoms with Crippen molar-refractivity contribution in [2.75, 3.05) is 14.2 Å². The first kappa shape index (κ1) is 12.6. The average Bonchev–Trinajstić information content (AvgIpc) is 2.87. The van der Waals surface area contributed by atoms with Crippen LogP contribution >= 0.6 is 0 Å². The average molecular weight is 246 g/mol. The molecule has 2 rings (SSSR count). The van der Waals surface area contributed by atoms with Gasteiger partial charge >= 0.3 is 0 Å². The minimum absolute atomic E-state index is 0.394. The molecule has 0 spiro atoms. The lowest BCUT2D eigenvalue weighted by atomic mass is 10.2. The molecule has 1 N–H and O–H groups in total. The van der Waals surface area contributed by atoms with Gasteiger partial charge in [-0.15, -0.1) is 5.10 Å². The first-order valence-electron chi connectivity index (χ1n) is 5.96. The second-order valence-corrected chi connectivity index (χ2v) is 4.25. The van der Waals surface area contributed by atoms with Crippen molar-refractivity contribution in [1.29, 1.82) is 0 Å². The Hall–Kier alpha value is -1.88. The van der Waals surface area contributed by atoms with Gasteiger partial charge < -0.3 is 10.1 Å². The van der Waals surface area contributed by atoms with E-state index in [1.54, 1.807) is 11.8 Å². The van der Waals surface area contributed by atoms with Gasteiger partial charge in [0, 0.05) is 12.5 Å². The van der Waals surface area contributed by atoms with Crippen molar-refractivity contribution in [1.82, 2.24) is 20.3 Å². The largest absolute Gasteiger partial charge is 0.497 e. The molecule has 96 valence electrons. The molecule has 0 aliphatic heterocycles. The molecule has 1 heterocycles. The molecular weight excluding hydrogens is 228 g/mol. The number of methoxy groups -OCH3 is 1. The van der Waals surface area contributed by atoms with Gasteiger partial charge in [-0.2, -0.15) is 0 Å². The fourth-order valence-electron chi connectivity index (χ4n) is 1.67. The summed E-state index contributed by atoms with van der Waals surface area (Å²) in [5, 5.41) is 11.5. The number of nitrogens with zero attached hydrogens (tertiary/aromatic N) is 3.